The third-order valence-corrected chi connectivity index (χ3v) is 3.25. The first kappa shape index (κ1) is 10.8. The largest absolute Gasteiger partial charge is 0.495 e. The summed E-state index contributed by atoms with van der Waals surface area (Å²) in [6.07, 6.45) is 2.49. The van der Waals surface area contributed by atoms with Crippen LogP contribution in [0.25, 0.3) is 0 Å². The molecule has 1 aromatic rings. The molecule has 0 heterocycles. The first-order chi connectivity index (χ1) is 7.04. The zero-order chi connectivity index (χ0) is 11.1. The van der Waals surface area contributed by atoms with Gasteiger partial charge in [-0.05, 0) is 43.0 Å². The zero-order valence-corrected chi connectivity index (χ0v) is 9.77. The van der Waals surface area contributed by atoms with E-state index in [0.717, 1.165) is 24.0 Å². The van der Waals surface area contributed by atoms with Crippen molar-refractivity contribution in [1.29, 1.82) is 0 Å². The van der Waals surface area contributed by atoms with Crippen LogP contribution in [0, 0.1) is 6.92 Å². The highest BCUT2D eigenvalue weighted by molar-refractivity contribution is 6.32. The van der Waals surface area contributed by atoms with Crippen LogP contribution in [0.3, 0.4) is 0 Å². The predicted molar refractivity (Wildman–Crippen MR) is 60.6 cm³/mol. The summed E-state index contributed by atoms with van der Waals surface area (Å²) in [4.78, 5) is 0. The van der Waals surface area contributed by atoms with Crippen LogP contribution < -0.4 is 4.74 Å². The minimum Gasteiger partial charge on any atom is -0.495 e. The maximum absolute atomic E-state index is 9.85. The Labute approximate surface area is 94.8 Å². The van der Waals surface area contributed by atoms with Crippen molar-refractivity contribution in [2.75, 3.05) is 7.11 Å². The van der Waals surface area contributed by atoms with Gasteiger partial charge in [-0.1, -0.05) is 11.6 Å². The molecule has 1 N–H and O–H groups in total. The number of hydrogen-bond donors (Lipinski definition) is 1. The molecule has 0 bridgehead atoms. The Kier molecular flexibility index (Phi) is 2.65. The molecule has 0 amide bonds. The SMILES string of the molecule is COc1cc(C)c(CC2(O)CC2)cc1Cl. The van der Waals surface area contributed by atoms with Gasteiger partial charge in [-0.2, -0.15) is 0 Å². The van der Waals surface area contributed by atoms with Gasteiger partial charge in [0.15, 0.2) is 0 Å². The lowest BCUT2D eigenvalue weighted by atomic mass is 10.0. The number of benzene rings is 1. The van der Waals surface area contributed by atoms with E-state index in [4.69, 9.17) is 16.3 Å². The van der Waals surface area contributed by atoms with E-state index in [1.807, 2.05) is 19.1 Å². The second kappa shape index (κ2) is 3.69. The summed E-state index contributed by atoms with van der Waals surface area (Å²) in [7, 11) is 1.61. The topological polar surface area (TPSA) is 29.5 Å². The minimum absolute atomic E-state index is 0.470. The second-order valence-electron chi connectivity index (χ2n) is 4.31. The van der Waals surface area contributed by atoms with Crippen molar-refractivity contribution in [1.82, 2.24) is 0 Å². The molecule has 1 aliphatic rings. The molecule has 0 spiro atoms. The van der Waals surface area contributed by atoms with E-state index in [-0.39, 0.29) is 0 Å². The fourth-order valence-corrected chi connectivity index (χ4v) is 1.98. The summed E-state index contributed by atoms with van der Waals surface area (Å²) in [5.41, 5.74) is 1.76. The van der Waals surface area contributed by atoms with Gasteiger partial charge in [0.25, 0.3) is 0 Å². The van der Waals surface area contributed by atoms with E-state index in [2.05, 4.69) is 0 Å². The molecule has 0 unspecified atom stereocenters. The molecule has 1 fully saturated rings. The van der Waals surface area contributed by atoms with Crippen molar-refractivity contribution in [2.45, 2.75) is 31.8 Å². The third-order valence-electron chi connectivity index (χ3n) is 2.96. The van der Waals surface area contributed by atoms with Crippen LogP contribution in [0.1, 0.15) is 24.0 Å². The Bertz CT molecular complexity index is 383. The molecule has 82 valence electrons. The summed E-state index contributed by atoms with van der Waals surface area (Å²) in [6, 6.07) is 3.81. The highest BCUT2D eigenvalue weighted by Gasteiger charge is 2.40. The van der Waals surface area contributed by atoms with Crippen LogP contribution in [0.2, 0.25) is 5.02 Å². The van der Waals surface area contributed by atoms with Gasteiger partial charge in [-0.25, -0.2) is 0 Å². The number of ether oxygens (including phenoxy) is 1. The van der Waals surface area contributed by atoms with E-state index in [9.17, 15) is 5.11 Å². The lowest BCUT2D eigenvalue weighted by Gasteiger charge is -2.13. The third kappa shape index (κ3) is 2.27. The monoisotopic (exact) mass is 226 g/mol. The Morgan fingerprint density at radius 2 is 2.13 bits per heavy atom. The maximum atomic E-state index is 9.85. The number of aliphatic hydroxyl groups is 1. The van der Waals surface area contributed by atoms with E-state index < -0.39 is 5.60 Å². The van der Waals surface area contributed by atoms with Crippen LogP contribution in [-0.4, -0.2) is 17.8 Å². The number of hydrogen-bond acceptors (Lipinski definition) is 2. The molecular formula is C12H15ClO2. The van der Waals surface area contributed by atoms with Gasteiger partial charge in [0, 0.05) is 6.42 Å². The highest BCUT2D eigenvalue weighted by Crippen LogP contribution is 2.40. The molecule has 0 saturated heterocycles. The fraction of sp³-hybridized carbons (Fsp3) is 0.500. The molecule has 0 atom stereocenters. The molecular weight excluding hydrogens is 212 g/mol. The maximum Gasteiger partial charge on any atom is 0.137 e. The molecule has 0 aromatic heterocycles. The van der Waals surface area contributed by atoms with Crippen molar-refractivity contribution in [3.8, 4) is 5.75 Å². The fourth-order valence-electron chi connectivity index (χ4n) is 1.72. The molecule has 15 heavy (non-hydrogen) atoms. The number of aryl methyl sites for hydroxylation is 1. The van der Waals surface area contributed by atoms with E-state index >= 15 is 0 Å². The van der Waals surface area contributed by atoms with Crippen LogP contribution in [0.15, 0.2) is 12.1 Å². The lowest BCUT2D eigenvalue weighted by molar-refractivity contribution is 0.150. The number of halogens is 1. The van der Waals surface area contributed by atoms with Crippen LogP contribution in [0.4, 0.5) is 0 Å². The summed E-state index contributed by atoms with van der Waals surface area (Å²) >= 11 is 6.04. The quantitative estimate of drug-likeness (QED) is 0.859. The van der Waals surface area contributed by atoms with Gasteiger partial charge >= 0.3 is 0 Å². The number of methoxy groups -OCH3 is 1. The van der Waals surface area contributed by atoms with Crippen molar-refractivity contribution in [3.05, 3.63) is 28.3 Å². The van der Waals surface area contributed by atoms with E-state index in [1.54, 1.807) is 7.11 Å². The van der Waals surface area contributed by atoms with Crippen molar-refractivity contribution >= 4 is 11.6 Å². The second-order valence-corrected chi connectivity index (χ2v) is 4.72. The van der Waals surface area contributed by atoms with E-state index in [0.29, 0.717) is 17.2 Å². The normalized spacial score (nSPS) is 17.6. The Morgan fingerprint density at radius 3 is 2.67 bits per heavy atom. The summed E-state index contributed by atoms with van der Waals surface area (Å²) in [6.45, 7) is 2.01. The van der Waals surface area contributed by atoms with Crippen molar-refractivity contribution in [3.63, 3.8) is 0 Å². The molecule has 1 saturated carbocycles. The van der Waals surface area contributed by atoms with Crippen LogP contribution >= 0.6 is 11.6 Å². The van der Waals surface area contributed by atoms with Gasteiger partial charge in [-0.15, -0.1) is 0 Å². The molecule has 3 heteroatoms. The molecule has 1 aromatic carbocycles. The first-order valence-corrected chi connectivity index (χ1v) is 5.47. The molecule has 2 rings (SSSR count). The number of rotatable bonds is 3. The van der Waals surface area contributed by atoms with Crippen LogP contribution in [-0.2, 0) is 6.42 Å². The molecule has 1 aliphatic carbocycles. The molecule has 0 radical (unpaired) electrons. The molecule has 2 nitrogen and oxygen atoms in total. The van der Waals surface area contributed by atoms with Crippen molar-refractivity contribution in [2.24, 2.45) is 0 Å². The lowest BCUT2D eigenvalue weighted by Crippen LogP contribution is -2.11. The Hall–Kier alpha value is -0.730. The van der Waals surface area contributed by atoms with Gasteiger partial charge in [-0.3, -0.25) is 0 Å². The molecule has 0 aliphatic heterocycles. The van der Waals surface area contributed by atoms with Crippen LogP contribution in [0.5, 0.6) is 5.75 Å². The minimum atomic E-state index is -0.470. The summed E-state index contributed by atoms with van der Waals surface area (Å²) < 4.78 is 5.13. The average molecular weight is 227 g/mol. The smallest absolute Gasteiger partial charge is 0.137 e. The summed E-state index contributed by atoms with van der Waals surface area (Å²) in [5, 5.41) is 10.5. The van der Waals surface area contributed by atoms with Gasteiger partial charge < -0.3 is 9.84 Å². The van der Waals surface area contributed by atoms with Gasteiger partial charge in [0.1, 0.15) is 5.75 Å². The standard InChI is InChI=1S/C12H15ClO2/c1-8-5-11(15-2)10(13)6-9(8)7-12(14)3-4-12/h5-6,14H,3-4,7H2,1-2H3. The first-order valence-electron chi connectivity index (χ1n) is 5.09. The highest BCUT2D eigenvalue weighted by atomic mass is 35.5. The van der Waals surface area contributed by atoms with Gasteiger partial charge in [0.2, 0.25) is 0 Å². The zero-order valence-electron chi connectivity index (χ0n) is 9.01. The average Bonchev–Trinajstić information content (AvgIpc) is 2.89. The summed E-state index contributed by atoms with van der Waals surface area (Å²) in [5.74, 6) is 0.695. The Morgan fingerprint density at radius 1 is 1.47 bits per heavy atom. The predicted octanol–water partition coefficient (Wildman–Crippen LogP) is 2.72. The van der Waals surface area contributed by atoms with E-state index in [1.165, 1.54) is 0 Å². The van der Waals surface area contributed by atoms with Crippen molar-refractivity contribution < 1.29 is 9.84 Å². The van der Waals surface area contributed by atoms with Gasteiger partial charge in [0.05, 0.1) is 17.7 Å². The Balaban J connectivity index is 2.28.